The van der Waals surface area contributed by atoms with Crippen LogP contribution in [0.4, 0.5) is 11.5 Å². The molecule has 0 aromatic carbocycles. The first-order valence-electron chi connectivity index (χ1n) is 5.32. The predicted octanol–water partition coefficient (Wildman–Crippen LogP) is -0.00320. The van der Waals surface area contributed by atoms with E-state index in [0.717, 1.165) is 0 Å². The van der Waals surface area contributed by atoms with Crippen molar-refractivity contribution in [2.75, 3.05) is 25.2 Å². The quantitative estimate of drug-likeness (QED) is 0.651. The van der Waals surface area contributed by atoms with Crippen LogP contribution in [0.1, 0.15) is 17.4 Å². The fourth-order valence-electron chi connectivity index (χ4n) is 1.29. The summed E-state index contributed by atoms with van der Waals surface area (Å²) in [5, 5.41) is 5.32. The number of hydrogen-bond donors (Lipinski definition) is 3. The maximum atomic E-state index is 11.4. The van der Waals surface area contributed by atoms with Crippen molar-refractivity contribution < 1.29 is 14.3 Å². The van der Waals surface area contributed by atoms with Gasteiger partial charge in [0.1, 0.15) is 6.04 Å². The molecule has 0 saturated heterocycles. The van der Waals surface area contributed by atoms with E-state index in [1.807, 2.05) is 0 Å². The number of nitrogens with two attached hydrogens (primary N) is 1. The molecule has 7 nitrogen and oxygen atoms in total. The Morgan fingerprint density at radius 3 is 2.67 bits per heavy atom. The van der Waals surface area contributed by atoms with Gasteiger partial charge in [0.25, 0.3) is 0 Å². The van der Waals surface area contributed by atoms with E-state index in [9.17, 15) is 9.59 Å². The maximum Gasteiger partial charge on any atom is 0.356 e. The van der Waals surface area contributed by atoms with Crippen LogP contribution < -0.4 is 16.4 Å². The first-order chi connectivity index (χ1) is 8.49. The molecule has 1 rings (SSSR count). The van der Waals surface area contributed by atoms with Crippen molar-refractivity contribution in [3.05, 3.63) is 17.8 Å². The summed E-state index contributed by atoms with van der Waals surface area (Å²) in [6.07, 6.45) is 0. The van der Waals surface area contributed by atoms with Gasteiger partial charge in [-0.1, -0.05) is 0 Å². The second kappa shape index (κ2) is 5.85. The zero-order valence-electron chi connectivity index (χ0n) is 10.5. The Kier molecular flexibility index (Phi) is 4.47. The Balaban J connectivity index is 2.94. The third kappa shape index (κ3) is 3.09. The number of amides is 1. The molecule has 1 heterocycles. The van der Waals surface area contributed by atoms with Gasteiger partial charge in [-0.3, -0.25) is 4.79 Å². The Morgan fingerprint density at radius 1 is 1.44 bits per heavy atom. The van der Waals surface area contributed by atoms with Gasteiger partial charge >= 0.3 is 5.97 Å². The average Bonchev–Trinajstić information content (AvgIpc) is 2.39. The highest BCUT2D eigenvalue weighted by Gasteiger charge is 2.15. The molecular formula is C11H16N4O3. The summed E-state index contributed by atoms with van der Waals surface area (Å²) in [7, 11) is 2.79. The van der Waals surface area contributed by atoms with Gasteiger partial charge in [0.05, 0.1) is 12.8 Å². The predicted molar refractivity (Wildman–Crippen MR) is 67.1 cm³/mol. The number of rotatable bonds is 4. The first kappa shape index (κ1) is 13.8. The minimum Gasteiger partial charge on any atom is -0.464 e. The van der Waals surface area contributed by atoms with E-state index in [4.69, 9.17) is 5.73 Å². The van der Waals surface area contributed by atoms with E-state index in [-0.39, 0.29) is 17.4 Å². The van der Waals surface area contributed by atoms with Gasteiger partial charge in [-0.25, -0.2) is 9.78 Å². The Hall–Kier alpha value is -2.31. The Morgan fingerprint density at radius 2 is 2.11 bits per heavy atom. The molecule has 0 spiro atoms. The molecule has 18 heavy (non-hydrogen) atoms. The number of carbonyl (C=O) groups excluding carboxylic acids is 2. The second-order valence-corrected chi connectivity index (χ2v) is 3.61. The van der Waals surface area contributed by atoms with Crippen molar-refractivity contribution in [3.8, 4) is 0 Å². The van der Waals surface area contributed by atoms with Crippen molar-refractivity contribution in [1.29, 1.82) is 0 Å². The monoisotopic (exact) mass is 252 g/mol. The molecular weight excluding hydrogens is 236 g/mol. The topological polar surface area (TPSA) is 106 Å². The third-order valence-electron chi connectivity index (χ3n) is 2.31. The van der Waals surface area contributed by atoms with Gasteiger partial charge in [0.2, 0.25) is 5.91 Å². The SMILES string of the molecule is CNC(=O)C(C)Nc1nc(C(=O)OC)ccc1N. The molecule has 7 heteroatoms. The number of methoxy groups -OCH3 is 1. The normalized spacial score (nSPS) is 11.5. The smallest absolute Gasteiger partial charge is 0.356 e. The number of carbonyl (C=O) groups is 2. The lowest BCUT2D eigenvalue weighted by molar-refractivity contribution is -0.121. The van der Waals surface area contributed by atoms with Gasteiger partial charge in [-0.05, 0) is 19.1 Å². The molecule has 1 aromatic rings. The molecule has 0 aliphatic heterocycles. The van der Waals surface area contributed by atoms with Crippen molar-refractivity contribution in [2.45, 2.75) is 13.0 Å². The maximum absolute atomic E-state index is 11.4. The summed E-state index contributed by atoms with van der Waals surface area (Å²) in [6, 6.07) is 2.47. The third-order valence-corrected chi connectivity index (χ3v) is 2.31. The fraction of sp³-hybridized carbons (Fsp3) is 0.364. The highest BCUT2D eigenvalue weighted by molar-refractivity contribution is 5.89. The van der Waals surface area contributed by atoms with Crippen LogP contribution in [0.3, 0.4) is 0 Å². The minimum atomic E-state index is -0.564. The van der Waals surface area contributed by atoms with Crippen LogP contribution in [-0.2, 0) is 9.53 Å². The van der Waals surface area contributed by atoms with Crippen molar-refractivity contribution in [1.82, 2.24) is 10.3 Å². The van der Waals surface area contributed by atoms with E-state index in [2.05, 4.69) is 20.4 Å². The fourth-order valence-corrected chi connectivity index (χ4v) is 1.29. The van der Waals surface area contributed by atoms with Crippen molar-refractivity contribution in [2.24, 2.45) is 0 Å². The number of nitrogen functional groups attached to an aromatic ring is 1. The first-order valence-corrected chi connectivity index (χ1v) is 5.32. The molecule has 1 amide bonds. The average molecular weight is 252 g/mol. The molecule has 0 fully saturated rings. The van der Waals surface area contributed by atoms with Gasteiger partial charge in [0, 0.05) is 7.05 Å². The van der Waals surface area contributed by atoms with Crippen molar-refractivity contribution >= 4 is 23.4 Å². The summed E-state index contributed by atoms with van der Waals surface area (Å²) < 4.78 is 4.56. The van der Waals surface area contributed by atoms with Gasteiger partial charge in [-0.15, -0.1) is 0 Å². The van der Waals surface area contributed by atoms with Crippen molar-refractivity contribution in [3.63, 3.8) is 0 Å². The number of pyridine rings is 1. The molecule has 1 unspecified atom stereocenters. The number of esters is 1. The molecule has 1 atom stereocenters. The van der Waals surface area contributed by atoms with Crippen LogP contribution in [0.15, 0.2) is 12.1 Å². The van der Waals surface area contributed by atoms with E-state index in [0.29, 0.717) is 5.69 Å². The van der Waals surface area contributed by atoms with E-state index in [1.165, 1.54) is 26.3 Å². The molecule has 0 saturated carbocycles. The summed E-state index contributed by atoms with van der Waals surface area (Å²) in [6.45, 7) is 1.66. The highest BCUT2D eigenvalue weighted by atomic mass is 16.5. The zero-order chi connectivity index (χ0) is 13.7. The summed E-state index contributed by atoms with van der Waals surface area (Å²) in [5.41, 5.74) is 6.18. The molecule has 0 aliphatic rings. The minimum absolute atomic E-state index is 0.123. The van der Waals surface area contributed by atoms with Crippen LogP contribution in [0.5, 0.6) is 0 Å². The lowest BCUT2D eigenvalue weighted by atomic mass is 10.2. The number of likely N-dealkylation sites (N-methyl/N-ethyl adjacent to an activating group) is 1. The Labute approximate surface area is 105 Å². The van der Waals surface area contributed by atoms with Crippen LogP contribution in [0.2, 0.25) is 0 Å². The molecule has 0 radical (unpaired) electrons. The number of ether oxygens (including phenoxy) is 1. The number of nitrogens with zero attached hydrogens (tertiary/aromatic N) is 1. The largest absolute Gasteiger partial charge is 0.464 e. The molecule has 1 aromatic heterocycles. The summed E-state index contributed by atoms with van der Waals surface area (Å²) in [4.78, 5) is 26.7. The van der Waals surface area contributed by atoms with Gasteiger partial charge in [-0.2, -0.15) is 0 Å². The van der Waals surface area contributed by atoms with Gasteiger partial charge in [0.15, 0.2) is 11.5 Å². The zero-order valence-corrected chi connectivity index (χ0v) is 10.5. The molecule has 4 N–H and O–H groups in total. The number of nitrogens with one attached hydrogen (secondary N) is 2. The highest BCUT2D eigenvalue weighted by Crippen LogP contribution is 2.17. The van der Waals surface area contributed by atoms with Crippen LogP contribution in [-0.4, -0.2) is 37.1 Å². The number of hydrogen-bond acceptors (Lipinski definition) is 6. The van der Waals surface area contributed by atoms with Gasteiger partial charge < -0.3 is 21.1 Å². The molecule has 98 valence electrons. The van der Waals surface area contributed by atoms with Crippen LogP contribution >= 0.6 is 0 Å². The van der Waals surface area contributed by atoms with Crippen LogP contribution in [0.25, 0.3) is 0 Å². The second-order valence-electron chi connectivity index (χ2n) is 3.61. The Bertz CT molecular complexity index is 462. The van der Waals surface area contributed by atoms with Crippen LogP contribution in [0, 0.1) is 0 Å². The number of aromatic nitrogens is 1. The van der Waals surface area contributed by atoms with E-state index in [1.54, 1.807) is 6.92 Å². The summed E-state index contributed by atoms with van der Waals surface area (Å²) >= 11 is 0. The lowest BCUT2D eigenvalue weighted by Crippen LogP contribution is -2.35. The van der Waals surface area contributed by atoms with E-state index < -0.39 is 12.0 Å². The molecule has 0 bridgehead atoms. The molecule has 0 aliphatic carbocycles. The lowest BCUT2D eigenvalue weighted by Gasteiger charge is -2.14. The van der Waals surface area contributed by atoms with E-state index >= 15 is 0 Å². The number of anilines is 2. The standard InChI is InChI=1S/C11H16N4O3/c1-6(10(16)13-2)14-9-7(12)4-5-8(15-9)11(17)18-3/h4-6H,12H2,1-3H3,(H,13,16)(H,14,15). The summed E-state index contributed by atoms with van der Waals surface area (Å²) in [5.74, 6) is -0.501.